The molecule has 1 heterocycles. The number of rotatable bonds is 5. The molecular formula is C18H28ClNO2. The van der Waals surface area contributed by atoms with E-state index >= 15 is 0 Å². The van der Waals surface area contributed by atoms with Crippen molar-refractivity contribution in [2.75, 3.05) is 26.2 Å². The van der Waals surface area contributed by atoms with E-state index in [0.717, 1.165) is 31.3 Å². The largest absolute Gasteiger partial charge is 0.491 e. The molecule has 1 saturated heterocycles. The predicted molar refractivity (Wildman–Crippen MR) is 92.1 cm³/mol. The van der Waals surface area contributed by atoms with Crippen LogP contribution in [0.2, 0.25) is 0 Å². The molecule has 124 valence electrons. The van der Waals surface area contributed by atoms with Crippen LogP contribution in [0.3, 0.4) is 0 Å². The van der Waals surface area contributed by atoms with Gasteiger partial charge in [-0.2, -0.15) is 0 Å². The predicted octanol–water partition coefficient (Wildman–Crippen LogP) is 3.07. The van der Waals surface area contributed by atoms with E-state index in [-0.39, 0.29) is 12.4 Å². The Balaban J connectivity index is 0.00000176. The van der Waals surface area contributed by atoms with E-state index in [2.05, 4.69) is 24.0 Å². The quantitative estimate of drug-likeness (QED) is 0.903. The fourth-order valence-corrected chi connectivity index (χ4v) is 3.63. The van der Waals surface area contributed by atoms with Crippen molar-refractivity contribution in [3.05, 3.63) is 29.3 Å². The lowest BCUT2D eigenvalue weighted by atomic mass is 10.0. The Kier molecular flexibility index (Phi) is 6.54. The maximum atomic E-state index is 10.2. The van der Waals surface area contributed by atoms with Gasteiger partial charge in [0.05, 0.1) is 0 Å². The van der Waals surface area contributed by atoms with E-state index < -0.39 is 6.10 Å². The number of β-amino-alcohol motifs (C(OH)–C–C–N with tert-alkyl or cyclic N) is 1. The first-order chi connectivity index (χ1) is 10.2. The van der Waals surface area contributed by atoms with Crippen LogP contribution in [0.1, 0.15) is 37.3 Å². The van der Waals surface area contributed by atoms with Crippen molar-refractivity contribution in [1.82, 2.24) is 4.90 Å². The average Bonchev–Trinajstić information content (AvgIpc) is 2.92. The summed E-state index contributed by atoms with van der Waals surface area (Å²) in [5.41, 5.74) is 2.89. The Labute approximate surface area is 140 Å². The molecule has 0 amide bonds. The third kappa shape index (κ3) is 4.61. The van der Waals surface area contributed by atoms with E-state index in [0.29, 0.717) is 6.61 Å². The van der Waals surface area contributed by atoms with Gasteiger partial charge in [0.2, 0.25) is 0 Å². The molecule has 4 heteroatoms. The van der Waals surface area contributed by atoms with Gasteiger partial charge in [-0.25, -0.2) is 0 Å². The van der Waals surface area contributed by atoms with Gasteiger partial charge >= 0.3 is 0 Å². The second kappa shape index (κ2) is 8.19. The molecule has 0 spiro atoms. The standard InChI is InChI=1S/C18H27NO2.ClH/c1-14-4-3-9-19(11-14)12-17(20)13-21-18-8-7-15-5-2-6-16(15)10-18;/h7-8,10,14,17,20H,2-6,9,11-13H2,1H3;1H. The van der Waals surface area contributed by atoms with Gasteiger partial charge in [-0.3, -0.25) is 0 Å². The summed E-state index contributed by atoms with van der Waals surface area (Å²) < 4.78 is 5.78. The zero-order valence-corrected chi connectivity index (χ0v) is 14.3. The topological polar surface area (TPSA) is 32.7 Å². The highest BCUT2D eigenvalue weighted by Crippen LogP contribution is 2.26. The third-order valence-electron chi connectivity index (χ3n) is 4.72. The first kappa shape index (κ1) is 17.6. The molecule has 2 unspecified atom stereocenters. The first-order valence-electron chi connectivity index (χ1n) is 8.36. The van der Waals surface area contributed by atoms with Crippen molar-refractivity contribution in [2.24, 2.45) is 5.92 Å². The zero-order valence-electron chi connectivity index (χ0n) is 13.5. The first-order valence-corrected chi connectivity index (χ1v) is 8.36. The van der Waals surface area contributed by atoms with Crippen LogP contribution < -0.4 is 4.74 Å². The number of fused-ring (bicyclic) bond motifs is 1. The molecule has 0 saturated carbocycles. The summed E-state index contributed by atoms with van der Waals surface area (Å²) in [4.78, 5) is 2.37. The fraction of sp³-hybridized carbons (Fsp3) is 0.667. The monoisotopic (exact) mass is 325 g/mol. The van der Waals surface area contributed by atoms with E-state index in [1.807, 2.05) is 6.07 Å². The lowest BCUT2D eigenvalue weighted by Crippen LogP contribution is -2.41. The number of aliphatic hydroxyl groups is 1. The number of aryl methyl sites for hydroxylation is 2. The Bertz CT molecular complexity index is 480. The summed E-state index contributed by atoms with van der Waals surface area (Å²) in [5.74, 6) is 1.66. The molecule has 0 bridgehead atoms. The van der Waals surface area contributed by atoms with E-state index in [9.17, 15) is 5.11 Å². The van der Waals surface area contributed by atoms with E-state index in [1.165, 1.54) is 43.2 Å². The van der Waals surface area contributed by atoms with Gasteiger partial charge in [-0.1, -0.05) is 13.0 Å². The van der Waals surface area contributed by atoms with Crippen molar-refractivity contribution < 1.29 is 9.84 Å². The molecule has 0 radical (unpaired) electrons. The van der Waals surface area contributed by atoms with Gasteiger partial charge in [0, 0.05) is 13.1 Å². The number of ether oxygens (including phenoxy) is 1. The Morgan fingerprint density at radius 2 is 2.09 bits per heavy atom. The van der Waals surface area contributed by atoms with Gasteiger partial charge in [-0.05, 0) is 67.8 Å². The molecule has 2 aliphatic rings. The van der Waals surface area contributed by atoms with Crippen molar-refractivity contribution >= 4 is 12.4 Å². The minimum atomic E-state index is -0.399. The van der Waals surface area contributed by atoms with Crippen LogP contribution in [0.25, 0.3) is 0 Å². The molecule has 3 nitrogen and oxygen atoms in total. The summed E-state index contributed by atoms with van der Waals surface area (Å²) in [5, 5.41) is 10.2. The van der Waals surface area contributed by atoms with Crippen molar-refractivity contribution in [3.63, 3.8) is 0 Å². The molecule has 1 N–H and O–H groups in total. The molecule has 1 aromatic rings. The van der Waals surface area contributed by atoms with Crippen LogP contribution >= 0.6 is 12.4 Å². The van der Waals surface area contributed by atoms with Crippen LogP contribution in [0.15, 0.2) is 18.2 Å². The summed E-state index contributed by atoms with van der Waals surface area (Å²) >= 11 is 0. The summed E-state index contributed by atoms with van der Waals surface area (Å²) in [7, 11) is 0. The number of hydrogen-bond donors (Lipinski definition) is 1. The molecule has 3 rings (SSSR count). The molecule has 1 aliphatic carbocycles. The van der Waals surface area contributed by atoms with Crippen LogP contribution in [0.4, 0.5) is 0 Å². The highest BCUT2D eigenvalue weighted by Gasteiger charge is 2.19. The highest BCUT2D eigenvalue weighted by molar-refractivity contribution is 5.85. The normalized spacial score (nSPS) is 22.7. The van der Waals surface area contributed by atoms with Crippen LogP contribution in [-0.2, 0) is 12.8 Å². The molecule has 1 aliphatic heterocycles. The van der Waals surface area contributed by atoms with Crippen molar-refractivity contribution in [2.45, 2.75) is 45.1 Å². The van der Waals surface area contributed by atoms with Gasteiger partial charge in [0.25, 0.3) is 0 Å². The van der Waals surface area contributed by atoms with E-state index in [1.54, 1.807) is 0 Å². The Morgan fingerprint density at radius 1 is 1.27 bits per heavy atom. The van der Waals surface area contributed by atoms with Crippen molar-refractivity contribution in [1.29, 1.82) is 0 Å². The minimum Gasteiger partial charge on any atom is -0.491 e. The number of piperidine rings is 1. The van der Waals surface area contributed by atoms with Crippen molar-refractivity contribution in [3.8, 4) is 5.75 Å². The number of aliphatic hydroxyl groups excluding tert-OH is 1. The second-order valence-corrected chi connectivity index (χ2v) is 6.76. The lowest BCUT2D eigenvalue weighted by Gasteiger charge is -2.32. The number of nitrogens with zero attached hydrogens (tertiary/aromatic N) is 1. The van der Waals surface area contributed by atoms with Gasteiger partial charge < -0.3 is 14.7 Å². The Hall–Kier alpha value is -0.770. The van der Waals surface area contributed by atoms with Crippen LogP contribution in [-0.4, -0.2) is 42.4 Å². The van der Waals surface area contributed by atoms with Crippen LogP contribution in [0, 0.1) is 5.92 Å². The lowest BCUT2D eigenvalue weighted by molar-refractivity contribution is 0.0537. The fourth-order valence-electron chi connectivity index (χ4n) is 3.63. The SMILES string of the molecule is CC1CCCN(CC(O)COc2ccc3c(c2)CCC3)C1.Cl. The van der Waals surface area contributed by atoms with Gasteiger partial charge in [0.15, 0.2) is 0 Å². The number of halogens is 1. The smallest absolute Gasteiger partial charge is 0.119 e. The third-order valence-corrected chi connectivity index (χ3v) is 4.72. The highest BCUT2D eigenvalue weighted by atomic mass is 35.5. The van der Waals surface area contributed by atoms with Gasteiger partial charge in [-0.15, -0.1) is 12.4 Å². The maximum Gasteiger partial charge on any atom is 0.119 e. The summed E-state index contributed by atoms with van der Waals surface area (Å²) in [6.07, 6.45) is 5.79. The summed E-state index contributed by atoms with van der Waals surface area (Å²) in [6.45, 7) is 5.63. The maximum absolute atomic E-state index is 10.2. The van der Waals surface area contributed by atoms with E-state index in [4.69, 9.17) is 4.74 Å². The summed E-state index contributed by atoms with van der Waals surface area (Å²) in [6, 6.07) is 6.37. The minimum absolute atomic E-state index is 0. The second-order valence-electron chi connectivity index (χ2n) is 6.76. The molecular weight excluding hydrogens is 298 g/mol. The molecule has 2 atom stereocenters. The molecule has 22 heavy (non-hydrogen) atoms. The molecule has 1 fully saturated rings. The van der Waals surface area contributed by atoms with Gasteiger partial charge in [0.1, 0.15) is 18.5 Å². The number of hydrogen-bond acceptors (Lipinski definition) is 3. The van der Waals surface area contributed by atoms with Crippen LogP contribution in [0.5, 0.6) is 5.75 Å². The molecule has 0 aromatic heterocycles. The Morgan fingerprint density at radius 3 is 2.91 bits per heavy atom. The molecule has 1 aromatic carbocycles. The number of likely N-dealkylation sites (tertiary alicyclic amines) is 1. The zero-order chi connectivity index (χ0) is 14.7. The average molecular weight is 326 g/mol. The number of benzene rings is 1.